The van der Waals surface area contributed by atoms with Gasteiger partial charge in [0.1, 0.15) is 11.8 Å². The normalized spacial score (nSPS) is 10.6. The maximum Gasteiger partial charge on any atom is 0.255 e. The van der Waals surface area contributed by atoms with Crippen LogP contribution in [-0.4, -0.2) is 17.5 Å². The van der Waals surface area contributed by atoms with Crippen molar-refractivity contribution in [1.82, 2.24) is 0 Å². The highest BCUT2D eigenvalue weighted by atomic mass is 16.5. The quantitative estimate of drug-likeness (QED) is 0.271. The van der Waals surface area contributed by atoms with Gasteiger partial charge in [0.25, 0.3) is 5.91 Å². The van der Waals surface area contributed by atoms with Gasteiger partial charge in [0.2, 0.25) is 5.71 Å². The number of nitrogens with zero attached hydrogens (tertiary/aromatic N) is 2. The van der Waals surface area contributed by atoms with Gasteiger partial charge in [-0.15, -0.1) is 0 Å². The molecule has 3 aromatic carbocycles. The Morgan fingerprint density at radius 3 is 2.33 bits per heavy atom. The van der Waals surface area contributed by atoms with Crippen LogP contribution in [0.2, 0.25) is 0 Å². The lowest BCUT2D eigenvalue weighted by molar-refractivity contribution is 0.102. The summed E-state index contributed by atoms with van der Waals surface area (Å²) in [6.07, 6.45) is 0. The van der Waals surface area contributed by atoms with Crippen molar-refractivity contribution < 1.29 is 9.53 Å². The van der Waals surface area contributed by atoms with Gasteiger partial charge in [0, 0.05) is 5.56 Å². The van der Waals surface area contributed by atoms with E-state index in [9.17, 15) is 4.79 Å². The molecule has 3 aromatic rings. The van der Waals surface area contributed by atoms with E-state index in [1.165, 1.54) is 0 Å². The second-order valence-electron chi connectivity index (χ2n) is 6.04. The molecule has 8 nitrogen and oxygen atoms in total. The molecule has 0 aliphatic carbocycles. The van der Waals surface area contributed by atoms with Gasteiger partial charge in [-0.05, 0) is 48.5 Å². The smallest absolute Gasteiger partial charge is 0.255 e. The molecule has 0 aliphatic heterocycles. The number of amides is 1. The van der Waals surface area contributed by atoms with Gasteiger partial charge in [-0.2, -0.15) is 10.4 Å². The minimum absolute atomic E-state index is 0.230. The molecule has 3 rings (SSSR count). The number of hydrogen-bond donors (Lipinski definition) is 4. The molecular formula is C22H18N6O2. The van der Waals surface area contributed by atoms with Crippen molar-refractivity contribution in [3.63, 3.8) is 0 Å². The Labute approximate surface area is 173 Å². The Kier molecular flexibility index (Phi) is 6.38. The molecule has 0 aliphatic rings. The third-order valence-electron chi connectivity index (χ3n) is 3.91. The van der Waals surface area contributed by atoms with Gasteiger partial charge in [0.05, 0.1) is 11.4 Å². The summed E-state index contributed by atoms with van der Waals surface area (Å²) in [5.74, 6) is 0.448. The fraction of sp³-hybridized carbons (Fsp3) is 0. The second-order valence-corrected chi connectivity index (χ2v) is 6.04. The minimum Gasteiger partial charge on any atom is -0.455 e. The summed E-state index contributed by atoms with van der Waals surface area (Å²) in [5, 5.41) is 22.7. The predicted molar refractivity (Wildman–Crippen MR) is 116 cm³/mol. The number of nitrogens with one attached hydrogen (secondary N) is 3. The van der Waals surface area contributed by atoms with E-state index in [0.717, 1.165) is 0 Å². The molecule has 0 saturated heterocycles. The third kappa shape index (κ3) is 5.21. The fourth-order valence-electron chi connectivity index (χ4n) is 2.43. The highest BCUT2D eigenvalue weighted by Crippen LogP contribution is 2.29. The van der Waals surface area contributed by atoms with Crippen LogP contribution in [0.25, 0.3) is 0 Å². The van der Waals surface area contributed by atoms with E-state index in [1.54, 1.807) is 48.5 Å². The molecule has 0 heterocycles. The van der Waals surface area contributed by atoms with Crippen molar-refractivity contribution in [2.45, 2.75) is 0 Å². The molecule has 0 bridgehead atoms. The number of amidine groups is 1. The van der Waals surface area contributed by atoms with Crippen LogP contribution in [0.15, 0.2) is 84.0 Å². The van der Waals surface area contributed by atoms with Gasteiger partial charge in [-0.1, -0.05) is 30.3 Å². The van der Waals surface area contributed by atoms with E-state index in [2.05, 4.69) is 15.8 Å². The first-order valence-corrected chi connectivity index (χ1v) is 8.88. The van der Waals surface area contributed by atoms with Crippen LogP contribution in [-0.2, 0) is 0 Å². The number of benzene rings is 3. The number of hydrogen-bond acceptors (Lipinski definition) is 6. The number of hydrazone groups is 1. The maximum absolute atomic E-state index is 12.6. The van der Waals surface area contributed by atoms with Crippen molar-refractivity contribution in [2.24, 2.45) is 10.8 Å². The molecule has 0 atom stereocenters. The number of nitrogens with two attached hydrogens (primary N) is 1. The summed E-state index contributed by atoms with van der Waals surface area (Å²) >= 11 is 0. The Balaban J connectivity index is 1.70. The predicted octanol–water partition coefficient (Wildman–Crippen LogP) is 3.96. The van der Waals surface area contributed by atoms with Crippen LogP contribution in [0.3, 0.4) is 0 Å². The molecule has 1 amide bonds. The summed E-state index contributed by atoms with van der Waals surface area (Å²) in [6.45, 7) is 0. The lowest BCUT2D eigenvalue weighted by atomic mass is 10.2. The number of rotatable bonds is 7. The average Bonchev–Trinajstić information content (AvgIpc) is 2.76. The Morgan fingerprint density at radius 2 is 1.67 bits per heavy atom. The lowest BCUT2D eigenvalue weighted by Crippen LogP contribution is -2.21. The van der Waals surface area contributed by atoms with Crippen molar-refractivity contribution in [2.75, 3.05) is 10.7 Å². The topological polar surface area (TPSA) is 136 Å². The fourth-order valence-corrected chi connectivity index (χ4v) is 2.43. The number of carbonyl (C=O) groups excluding carboxylic acids is 1. The monoisotopic (exact) mass is 398 g/mol. The zero-order chi connectivity index (χ0) is 21.3. The Bertz CT molecular complexity index is 1120. The minimum atomic E-state index is -0.433. The van der Waals surface area contributed by atoms with E-state index in [0.29, 0.717) is 28.4 Å². The molecule has 0 fully saturated rings. The van der Waals surface area contributed by atoms with E-state index < -0.39 is 5.84 Å². The summed E-state index contributed by atoms with van der Waals surface area (Å²) < 4.78 is 5.86. The van der Waals surface area contributed by atoms with Crippen molar-refractivity contribution >= 4 is 28.8 Å². The van der Waals surface area contributed by atoms with Crippen molar-refractivity contribution in [3.8, 4) is 17.6 Å². The van der Waals surface area contributed by atoms with Crippen LogP contribution >= 0.6 is 0 Å². The Morgan fingerprint density at radius 1 is 1.00 bits per heavy atom. The molecule has 30 heavy (non-hydrogen) atoms. The highest BCUT2D eigenvalue weighted by molar-refractivity contribution is 6.45. The SMILES string of the molecule is N#C/C(=N\Nc1ccc(C(=O)Nc2ccccc2Oc2ccccc2)cc1)C(=N)N. The van der Waals surface area contributed by atoms with Crippen LogP contribution in [0.5, 0.6) is 11.5 Å². The zero-order valence-electron chi connectivity index (χ0n) is 15.8. The van der Waals surface area contributed by atoms with E-state index >= 15 is 0 Å². The first-order valence-electron chi connectivity index (χ1n) is 8.88. The van der Waals surface area contributed by atoms with Crippen LogP contribution < -0.4 is 21.2 Å². The number of nitriles is 1. The van der Waals surface area contributed by atoms with Crippen LogP contribution in [0.4, 0.5) is 11.4 Å². The van der Waals surface area contributed by atoms with Gasteiger partial charge in [0.15, 0.2) is 11.6 Å². The second kappa shape index (κ2) is 9.52. The summed E-state index contributed by atoms with van der Waals surface area (Å²) in [7, 11) is 0. The van der Waals surface area contributed by atoms with Crippen LogP contribution in [0, 0.1) is 16.7 Å². The van der Waals surface area contributed by atoms with Gasteiger partial charge >= 0.3 is 0 Å². The molecular weight excluding hydrogens is 380 g/mol. The molecule has 0 aromatic heterocycles. The van der Waals surface area contributed by atoms with E-state index in [4.69, 9.17) is 21.1 Å². The number of ether oxygens (including phenoxy) is 1. The van der Waals surface area contributed by atoms with Gasteiger partial charge < -0.3 is 15.8 Å². The molecule has 148 valence electrons. The maximum atomic E-state index is 12.6. The molecule has 5 N–H and O–H groups in total. The van der Waals surface area contributed by atoms with Crippen LogP contribution in [0.1, 0.15) is 10.4 Å². The van der Waals surface area contributed by atoms with Gasteiger partial charge in [-0.3, -0.25) is 15.6 Å². The number of carbonyl (C=O) groups is 1. The van der Waals surface area contributed by atoms with Crippen molar-refractivity contribution in [3.05, 3.63) is 84.4 Å². The third-order valence-corrected chi connectivity index (χ3v) is 3.91. The molecule has 8 heteroatoms. The lowest BCUT2D eigenvalue weighted by Gasteiger charge is -2.12. The number of para-hydroxylation sites is 3. The number of anilines is 2. The standard InChI is InChI=1S/C22H18N6O2/c23-14-19(21(24)25)28-27-16-12-10-15(11-13-16)22(29)26-18-8-4-5-9-20(18)30-17-6-2-1-3-7-17/h1-13,27H,(H3,24,25)(H,26,29)/b28-19+. The summed E-state index contributed by atoms with van der Waals surface area (Å²) in [6, 6.07) is 24.6. The largest absolute Gasteiger partial charge is 0.455 e. The summed E-state index contributed by atoms with van der Waals surface area (Å²) in [5.41, 5.74) is 9.13. The van der Waals surface area contributed by atoms with E-state index in [-0.39, 0.29) is 11.6 Å². The molecule has 0 radical (unpaired) electrons. The molecule has 0 spiro atoms. The van der Waals surface area contributed by atoms with Crippen molar-refractivity contribution in [1.29, 1.82) is 10.7 Å². The zero-order valence-corrected chi connectivity index (χ0v) is 15.8. The molecule has 0 unspecified atom stereocenters. The van der Waals surface area contributed by atoms with E-state index in [1.807, 2.05) is 36.4 Å². The highest BCUT2D eigenvalue weighted by Gasteiger charge is 2.10. The Hall–Kier alpha value is -4.64. The first-order chi connectivity index (χ1) is 14.6. The summed E-state index contributed by atoms with van der Waals surface area (Å²) in [4.78, 5) is 12.6. The first kappa shape index (κ1) is 20.1. The van der Waals surface area contributed by atoms with Gasteiger partial charge in [-0.25, -0.2) is 0 Å². The average molecular weight is 398 g/mol. The molecule has 0 saturated carbocycles.